The van der Waals surface area contributed by atoms with Crippen molar-refractivity contribution in [3.8, 4) is 0 Å². The van der Waals surface area contributed by atoms with Crippen LogP contribution in [0.1, 0.15) is 64.6 Å². The molecular formula is C29H30N4O7. The summed E-state index contributed by atoms with van der Waals surface area (Å²) in [6.07, 6.45) is -2.03. The van der Waals surface area contributed by atoms with Crippen molar-refractivity contribution in [1.82, 2.24) is 14.6 Å². The van der Waals surface area contributed by atoms with E-state index in [2.05, 4.69) is 0 Å². The number of esters is 2. The van der Waals surface area contributed by atoms with Crippen LogP contribution in [0.3, 0.4) is 0 Å². The molecule has 4 heterocycles. The van der Waals surface area contributed by atoms with Gasteiger partial charge in [-0.05, 0) is 38.0 Å². The Hall–Kier alpha value is -4.09. The second-order valence-corrected chi connectivity index (χ2v) is 11.4. The van der Waals surface area contributed by atoms with Crippen molar-refractivity contribution in [1.29, 1.82) is 0 Å². The third kappa shape index (κ3) is 3.40. The van der Waals surface area contributed by atoms with Crippen LogP contribution in [-0.4, -0.2) is 49.4 Å². The van der Waals surface area contributed by atoms with Gasteiger partial charge in [0.2, 0.25) is 0 Å². The van der Waals surface area contributed by atoms with Crippen molar-refractivity contribution in [2.45, 2.75) is 70.5 Å². The van der Waals surface area contributed by atoms with Gasteiger partial charge in [-0.2, -0.15) is 0 Å². The maximum absolute atomic E-state index is 14.0. The number of ether oxygens (including phenoxy) is 2. The van der Waals surface area contributed by atoms with E-state index in [0.29, 0.717) is 22.2 Å². The van der Waals surface area contributed by atoms with Crippen LogP contribution in [0.15, 0.2) is 53.3 Å². The molecule has 0 bridgehead atoms. The van der Waals surface area contributed by atoms with E-state index in [9.17, 15) is 24.4 Å². The first-order chi connectivity index (χ1) is 18.9. The highest BCUT2D eigenvalue weighted by molar-refractivity contribution is 6.05. The second kappa shape index (κ2) is 8.70. The summed E-state index contributed by atoms with van der Waals surface area (Å²) < 4.78 is 13.0. The van der Waals surface area contributed by atoms with Crippen LogP contribution >= 0.6 is 0 Å². The van der Waals surface area contributed by atoms with Gasteiger partial charge in [-0.15, -0.1) is 5.06 Å². The van der Waals surface area contributed by atoms with Gasteiger partial charge in [-0.1, -0.05) is 44.2 Å². The Morgan fingerprint density at radius 3 is 2.48 bits per heavy atom. The van der Waals surface area contributed by atoms with Gasteiger partial charge < -0.3 is 14.7 Å². The Kier molecular flexibility index (Phi) is 5.69. The summed E-state index contributed by atoms with van der Waals surface area (Å²) in [7, 11) is 0. The van der Waals surface area contributed by atoms with E-state index >= 15 is 0 Å². The molecule has 11 heteroatoms. The number of hydroxylamine groups is 2. The van der Waals surface area contributed by atoms with E-state index in [1.165, 1.54) is 16.4 Å². The quantitative estimate of drug-likeness (QED) is 0.490. The fraction of sp³-hybridized carbons (Fsp3) is 0.414. The standard InChI is InChI=1S/C29H30N4O7/c1-15(2)22(39-16(3)34)23-30-19-12-8-6-10-17(19)24(35)31(23)21-14-29(40-25(21)36)18-11-7-9-13-20(18)32-26(29)33(38)28(4,5)27(32)37/h6-13,15,21-22,26,38H,14H2,1-5H3/t21-,22+,26+,29+/m0/s1. The molecule has 1 aromatic heterocycles. The van der Waals surface area contributed by atoms with Crippen molar-refractivity contribution in [3.05, 3.63) is 70.3 Å². The molecule has 1 spiro atoms. The molecule has 6 rings (SSSR count). The second-order valence-electron chi connectivity index (χ2n) is 11.4. The van der Waals surface area contributed by atoms with Crippen molar-refractivity contribution < 1.29 is 29.1 Å². The van der Waals surface area contributed by atoms with Crippen molar-refractivity contribution in [3.63, 3.8) is 0 Å². The molecule has 2 aromatic carbocycles. The highest BCUT2D eigenvalue weighted by Gasteiger charge is 2.70. The van der Waals surface area contributed by atoms with E-state index in [1.54, 1.807) is 62.4 Å². The SMILES string of the molecule is CC(=O)O[C@@H](c1nc2ccccc2c(=O)n1[C@H]1C[C@@]2(OC1=O)c1ccccc1N1C(=O)C(C)(C)N(O)[C@@H]12)C(C)C. The van der Waals surface area contributed by atoms with Crippen LogP contribution in [0.25, 0.3) is 10.9 Å². The number of carbonyl (C=O) groups excluding carboxylic acids is 3. The fourth-order valence-electron chi connectivity index (χ4n) is 6.26. The molecule has 3 aromatic rings. The third-order valence-electron chi connectivity index (χ3n) is 8.18. The smallest absolute Gasteiger partial charge is 0.330 e. The topological polar surface area (TPSA) is 131 Å². The molecule has 0 saturated carbocycles. The Morgan fingerprint density at radius 1 is 1.10 bits per heavy atom. The molecule has 1 amide bonds. The number of carbonyl (C=O) groups is 3. The maximum Gasteiger partial charge on any atom is 0.330 e. The molecule has 1 N–H and O–H groups in total. The minimum absolute atomic E-state index is 0.0672. The molecule has 3 aliphatic heterocycles. The number of benzene rings is 2. The van der Waals surface area contributed by atoms with Gasteiger partial charge >= 0.3 is 11.9 Å². The third-order valence-corrected chi connectivity index (χ3v) is 8.18. The first-order valence-electron chi connectivity index (χ1n) is 13.2. The summed E-state index contributed by atoms with van der Waals surface area (Å²) in [5.41, 5.74) is -1.74. The molecule has 40 heavy (non-hydrogen) atoms. The summed E-state index contributed by atoms with van der Waals surface area (Å²) in [5, 5.41) is 12.5. The van der Waals surface area contributed by atoms with Gasteiger partial charge in [0.1, 0.15) is 11.6 Å². The van der Waals surface area contributed by atoms with Crippen molar-refractivity contribution >= 4 is 34.4 Å². The molecule has 11 nitrogen and oxygen atoms in total. The molecule has 0 aliphatic carbocycles. The number of amides is 1. The highest BCUT2D eigenvalue weighted by atomic mass is 16.6. The van der Waals surface area contributed by atoms with Gasteiger partial charge in [-0.25, -0.2) is 9.78 Å². The Morgan fingerprint density at radius 2 is 1.77 bits per heavy atom. The molecular weight excluding hydrogens is 516 g/mol. The average Bonchev–Trinajstić information content (AvgIpc) is 3.45. The number of fused-ring (bicyclic) bond motifs is 6. The number of rotatable bonds is 4. The largest absolute Gasteiger partial charge is 0.454 e. The zero-order chi connectivity index (χ0) is 28.7. The first kappa shape index (κ1) is 26.1. The Labute approximate surface area is 229 Å². The summed E-state index contributed by atoms with van der Waals surface area (Å²) in [6, 6.07) is 12.6. The summed E-state index contributed by atoms with van der Waals surface area (Å²) in [5.74, 6) is -1.77. The number of anilines is 1. The van der Waals surface area contributed by atoms with Crippen LogP contribution in [0.5, 0.6) is 0 Å². The lowest BCUT2D eigenvalue weighted by molar-refractivity contribution is -0.209. The van der Waals surface area contributed by atoms with Crippen LogP contribution in [-0.2, 0) is 29.5 Å². The van der Waals surface area contributed by atoms with E-state index in [-0.39, 0.29) is 24.1 Å². The van der Waals surface area contributed by atoms with Gasteiger partial charge in [0.15, 0.2) is 23.7 Å². The lowest BCUT2D eigenvalue weighted by Crippen LogP contribution is -2.52. The van der Waals surface area contributed by atoms with E-state index in [4.69, 9.17) is 14.5 Å². The molecule has 3 aliphatic rings. The normalized spacial score (nSPS) is 25.9. The summed E-state index contributed by atoms with van der Waals surface area (Å²) in [6.45, 7) is 8.13. The fourth-order valence-corrected chi connectivity index (χ4v) is 6.26. The lowest BCUT2D eigenvalue weighted by atomic mass is 9.87. The first-order valence-corrected chi connectivity index (χ1v) is 13.2. The Balaban J connectivity index is 1.57. The minimum atomic E-state index is -1.46. The van der Waals surface area contributed by atoms with Gasteiger partial charge in [0.25, 0.3) is 11.5 Å². The molecule has 4 atom stereocenters. The lowest BCUT2D eigenvalue weighted by Gasteiger charge is -2.35. The number of nitrogens with zero attached hydrogens (tertiary/aromatic N) is 4. The van der Waals surface area contributed by atoms with Crippen molar-refractivity contribution in [2.24, 2.45) is 5.92 Å². The minimum Gasteiger partial charge on any atom is -0.454 e. The van der Waals surface area contributed by atoms with Crippen LogP contribution < -0.4 is 10.5 Å². The predicted octanol–water partition coefficient (Wildman–Crippen LogP) is 3.20. The predicted molar refractivity (Wildman–Crippen MR) is 142 cm³/mol. The van der Waals surface area contributed by atoms with Crippen LogP contribution in [0, 0.1) is 5.92 Å². The van der Waals surface area contributed by atoms with E-state index in [0.717, 1.165) is 5.06 Å². The molecule has 2 saturated heterocycles. The maximum atomic E-state index is 14.0. The zero-order valence-corrected chi connectivity index (χ0v) is 22.8. The van der Waals surface area contributed by atoms with Gasteiger partial charge in [0, 0.05) is 18.9 Å². The average molecular weight is 547 g/mol. The molecule has 0 radical (unpaired) electrons. The van der Waals surface area contributed by atoms with Crippen molar-refractivity contribution in [2.75, 3.05) is 4.90 Å². The molecule has 0 unspecified atom stereocenters. The molecule has 208 valence electrons. The number of hydrogen-bond donors (Lipinski definition) is 1. The van der Waals surface area contributed by atoms with Gasteiger partial charge in [-0.3, -0.25) is 23.9 Å². The number of hydrogen-bond acceptors (Lipinski definition) is 9. The number of para-hydroxylation sites is 2. The van der Waals surface area contributed by atoms with Crippen LogP contribution in [0.2, 0.25) is 0 Å². The van der Waals surface area contributed by atoms with Gasteiger partial charge in [0.05, 0.1) is 16.6 Å². The van der Waals surface area contributed by atoms with E-state index in [1.807, 2.05) is 13.8 Å². The molecule has 2 fully saturated rings. The highest BCUT2D eigenvalue weighted by Crippen LogP contribution is 2.58. The zero-order valence-electron chi connectivity index (χ0n) is 22.8. The summed E-state index contributed by atoms with van der Waals surface area (Å²) in [4.78, 5) is 59.6. The summed E-state index contributed by atoms with van der Waals surface area (Å²) >= 11 is 0. The van der Waals surface area contributed by atoms with E-state index < -0.39 is 46.9 Å². The monoisotopic (exact) mass is 546 g/mol. The number of aromatic nitrogens is 2. The van der Waals surface area contributed by atoms with Crippen LogP contribution in [0.4, 0.5) is 5.69 Å². The Bertz CT molecular complexity index is 1650.